The van der Waals surface area contributed by atoms with Gasteiger partial charge in [-0.05, 0) is 41.8 Å². The number of hydrogen-bond acceptors (Lipinski definition) is 5. The molecule has 3 heterocycles. The van der Waals surface area contributed by atoms with Gasteiger partial charge in [-0.2, -0.15) is 11.3 Å². The van der Waals surface area contributed by atoms with Crippen molar-refractivity contribution in [2.24, 2.45) is 5.92 Å². The SMILES string of the molecule is Cc1cc(CC2COCCN(C(=O)Cc3ccsc3)C2)ncn1. The molecule has 0 aliphatic carbocycles. The maximum atomic E-state index is 12.5. The van der Waals surface area contributed by atoms with Gasteiger partial charge in [-0.25, -0.2) is 9.97 Å². The first kappa shape index (κ1) is 16.1. The van der Waals surface area contributed by atoms with Crippen LogP contribution in [0.2, 0.25) is 0 Å². The smallest absolute Gasteiger partial charge is 0.227 e. The van der Waals surface area contributed by atoms with Crippen LogP contribution in [-0.4, -0.2) is 47.1 Å². The van der Waals surface area contributed by atoms with Crippen molar-refractivity contribution in [2.75, 3.05) is 26.3 Å². The van der Waals surface area contributed by atoms with Crippen LogP contribution in [0.15, 0.2) is 29.2 Å². The van der Waals surface area contributed by atoms with Gasteiger partial charge in [0.25, 0.3) is 0 Å². The zero-order valence-electron chi connectivity index (χ0n) is 13.3. The van der Waals surface area contributed by atoms with Crippen LogP contribution in [0.3, 0.4) is 0 Å². The number of amides is 1. The van der Waals surface area contributed by atoms with E-state index in [9.17, 15) is 4.79 Å². The van der Waals surface area contributed by atoms with E-state index in [1.165, 1.54) is 0 Å². The van der Waals surface area contributed by atoms with E-state index in [-0.39, 0.29) is 11.8 Å². The van der Waals surface area contributed by atoms with Gasteiger partial charge in [0.2, 0.25) is 5.91 Å². The highest BCUT2D eigenvalue weighted by Gasteiger charge is 2.23. The second-order valence-electron chi connectivity index (χ2n) is 5.94. The zero-order valence-corrected chi connectivity index (χ0v) is 14.1. The lowest BCUT2D eigenvalue weighted by Gasteiger charge is -2.23. The van der Waals surface area contributed by atoms with E-state index in [4.69, 9.17) is 4.74 Å². The molecule has 1 unspecified atom stereocenters. The molecule has 0 bridgehead atoms. The maximum absolute atomic E-state index is 12.5. The van der Waals surface area contributed by atoms with Gasteiger partial charge >= 0.3 is 0 Å². The first-order valence-electron chi connectivity index (χ1n) is 7.85. The van der Waals surface area contributed by atoms with E-state index in [0.29, 0.717) is 26.2 Å². The fourth-order valence-corrected chi connectivity index (χ4v) is 3.50. The average Bonchev–Trinajstić information content (AvgIpc) is 2.92. The van der Waals surface area contributed by atoms with Crippen molar-refractivity contribution in [3.63, 3.8) is 0 Å². The number of aromatic nitrogens is 2. The van der Waals surface area contributed by atoms with E-state index in [0.717, 1.165) is 29.9 Å². The highest BCUT2D eigenvalue weighted by atomic mass is 32.1. The summed E-state index contributed by atoms with van der Waals surface area (Å²) in [5.41, 5.74) is 3.07. The Morgan fingerprint density at radius 3 is 3.17 bits per heavy atom. The predicted molar refractivity (Wildman–Crippen MR) is 89.4 cm³/mol. The second kappa shape index (κ2) is 7.66. The van der Waals surface area contributed by atoms with Crippen molar-refractivity contribution in [3.05, 3.63) is 46.2 Å². The fraction of sp³-hybridized carbons (Fsp3) is 0.471. The third kappa shape index (κ3) is 4.59. The van der Waals surface area contributed by atoms with Crippen LogP contribution in [-0.2, 0) is 22.4 Å². The van der Waals surface area contributed by atoms with Gasteiger partial charge in [0.15, 0.2) is 0 Å². The molecule has 0 spiro atoms. The van der Waals surface area contributed by atoms with Crippen molar-refractivity contribution in [1.29, 1.82) is 0 Å². The van der Waals surface area contributed by atoms with Crippen molar-refractivity contribution < 1.29 is 9.53 Å². The van der Waals surface area contributed by atoms with E-state index >= 15 is 0 Å². The van der Waals surface area contributed by atoms with Crippen molar-refractivity contribution in [3.8, 4) is 0 Å². The molecule has 1 aliphatic heterocycles. The molecule has 3 rings (SSSR count). The lowest BCUT2D eigenvalue weighted by Crippen LogP contribution is -2.37. The summed E-state index contributed by atoms with van der Waals surface area (Å²) in [6.07, 6.45) is 2.89. The molecule has 1 fully saturated rings. The number of carbonyl (C=O) groups excluding carboxylic acids is 1. The predicted octanol–water partition coefficient (Wildman–Crippen LogP) is 2.11. The van der Waals surface area contributed by atoms with E-state index in [1.807, 2.05) is 34.7 Å². The van der Waals surface area contributed by atoms with Crippen LogP contribution in [0.1, 0.15) is 17.0 Å². The van der Waals surface area contributed by atoms with Crippen LogP contribution in [0.5, 0.6) is 0 Å². The Labute approximate surface area is 140 Å². The molecule has 1 atom stereocenters. The molecule has 0 N–H and O–H groups in total. The van der Waals surface area contributed by atoms with Crippen LogP contribution < -0.4 is 0 Å². The number of rotatable bonds is 4. The number of carbonyl (C=O) groups is 1. The molecule has 2 aromatic heterocycles. The van der Waals surface area contributed by atoms with E-state index in [2.05, 4.69) is 9.97 Å². The monoisotopic (exact) mass is 331 g/mol. The van der Waals surface area contributed by atoms with Crippen LogP contribution in [0, 0.1) is 12.8 Å². The third-order valence-electron chi connectivity index (χ3n) is 3.98. The number of thiophene rings is 1. The van der Waals surface area contributed by atoms with Crippen LogP contribution in [0.25, 0.3) is 0 Å². The summed E-state index contributed by atoms with van der Waals surface area (Å²) < 4.78 is 5.69. The van der Waals surface area contributed by atoms with Crippen LogP contribution >= 0.6 is 11.3 Å². The molecule has 0 radical (unpaired) electrons. The maximum Gasteiger partial charge on any atom is 0.227 e. The third-order valence-corrected chi connectivity index (χ3v) is 4.72. The molecule has 6 heteroatoms. The average molecular weight is 331 g/mol. The summed E-state index contributed by atoms with van der Waals surface area (Å²) in [5.74, 6) is 0.455. The molecule has 1 amide bonds. The Balaban J connectivity index is 1.62. The van der Waals surface area contributed by atoms with Gasteiger partial charge in [0.1, 0.15) is 6.33 Å². The van der Waals surface area contributed by atoms with Crippen LogP contribution in [0.4, 0.5) is 0 Å². The molecule has 1 saturated heterocycles. The lowest BCUT2D eigenvalue weighted by molar-refractivity contribution is -0.130. The zero-order chi connectivity index (χ0) is 16.1. The van der Waals surface area contributed by atoms with Crippen molar-refractivity contribution in [1.82, 2.24) is 14.9 Å². The molecule has 122 valence electrons. The lowest BCUT2D eigenvalue weighted by atomic mass is 10.0. The second-order valence-corrected chi connectivity index (χ2v) is 6.72. The molecular weight excluding hydrogens is 310 g/mol. The Morgan fingerprint density at radius 2 is 2.39 bits per heavy atom. The Bertz CT molecular complexity index is 645. The highest BCUT2D eigenvalue weighted by Crippen LogP contribution is 2.15. The summed E-state index contributed by atoms with van der Waals surface area (Å²) >= 11 is 1.63. The van der Waals surface area contributed by atoms with E-state index < -0.39 is 0 Å². The minimum Gasteiger partial charge on any atom is -0.379 e. The number of ether oxygens (including phenoxy) is 1. The number of nitrogens with zero attached hydrogens (tertiary/aromatic N) is 3. The molecule has 23 heavy (non-hydrogen) atoms. The van der Waals surface area contributed by atoms with Gasteiger partial charge < -0.3 is 9.64 Å². The summed E-state index contributed by atoms with van der Waals surface area (Å²) in [7, 11) is 0. The summed E-state index contributed by atoms with van der Waals surface area (Å²) in [4.78, 5) is 22.9. The van der Waals surface area contributed by atoms with Gasteiger partial charge in [0.05, 0.1) is 19.6 Å². The summed E-state index contributed by atoms with van der Waals surface area (Å²) in [6, 6.07) is 4.01. The quantitative estimate of drug-likeness (QED) is 0.861. The number of hydrogen-bond donors (Lipinski definition) is 0. The number of aryl methyl sites for hydroxylation is 1. The van der Waals surface area contributed by atoms with Gasteiger partial charge in [-0.3, -0.25) is 4.79 Å². The van der Waals surface area contributed by atoms with E-state index in [1.54, 1.807) is 17.7 Å². The molecule has 2 aromatic rings. The molecule has 5 nitrogen and oxygen atoms in total. The largest absolute Gasteiger partial charge is 0.379 e. The Kier molecular flexibility index (Phi) is 5.35. The summed E-state index contributed by atoms with van der Waals surface area (Å²) in [5, 5.41) is 4.04. The Morgan fingerprint density at radius 1 is 1.48 bits per heavy atom. The minimum absolute atomic E-state index is 0.178. The minimum atomic E-state index is 0.178. The van der Waals surface area contributed by atoms with Gasteiger partial charge in [-0.1, -0.05) is 0 Å². The topological polar surface area (TPSA) is 55.3 Å². The molecular formula is C17H21N3O2S. The van der Waals surface area contributed by atoms with Crippen molar-refractivity contribution in [2.45, 2.75) is 19.8 Å². The van der Waals surface area contributed by atoms with Crippen molar-refractivity contribution >= 4 is 17.2 Å². The Hall–Kier alpha value is -1.79. The first-order valence-corrected chi connectivity index (χ1v) is 8.79. The standard InChI is InChI=1S/C17H21N3O2S/c1-13-6-16(19-12-18-13)7-15-9-20(3-4-22-10-15)17(21)8-14-2-5-23-11-14/h2,5-6,11-12,15H,3-4,7-10H2,1H3. The fourth-order valence-electron chi connectivity index (χ4n) is 2.83. The molecule has 1 aliphatic rings. The van der Waals surface area contributed by atoms with Gasteiger partial charge in [0, 0.05) is 30.4 Å². The van der Waals surface area contributed by atoms with Gasteiger partial charge in [-0.15, -0.1) is 0 Å². The summed E-state index contributed by atoms with van der Waals surface area (Å²) in [6.45, 7) is 4.64. The normalized spacial score (nSPS) is 18.7. The highest BCUT2D eigenvalue weighted by molar-refractivity contribution is 7.07. The molecule has 0 aromatic carbocycles. The first-order chi connectivity index (χ1) is 11.2. The molecule has 0 saturated carbocycles.